The average Bonchev–Trinajstić information content (AvgIpc) is 2.09. The van der Waals surface area contributed by atoms with Crippen LogP contribution >= 0.6 is 0 Å². The lowest BCUT2D eigenvalue weighted by atomic mass is 10.3. The Morgan fingerprint density at radius 1 is 1.06 bits per heavy atom. The van der Waals surface area contributed by atoms with Crippen LogP contribution in [0.1, 0.15) is 0 Å². The summed E-state index contributed by atoms with van der Waals surface area (Å²) in [6.07, 6.45) is -8.30. The first-order chi connectivity index (χ1) is 7.15. The van der Waals surface area contributed by atoms with Crippen LogP contribution in [0.4, 0.5) is 30.7 Å². The summed E-state index contributed by atoms with van der Waals surface area (Å²) in [6.45, 7) is -3.66. The Balaban J connectivity index is 3.48. The van der Waals surface area contributed by atoms with Crippen LogP contribution in [0.25, 0.3) is 0 Å². The van der Waals surface area contributed by atoms with Gasteiger partial charge in [0.05, 0.1) is 13.2 Å². The molecule has 0 spiro atoms. The van der Waals surface area contributed by atoms with Crippen molar-refractivity contribution in [2.75, 3.05) is 26.3 Å². The summed E-state index contributed by atoms with van der Waals surface area (Å²) in [6, 6.07) is 0. The fourth-order valence-corrected chi connectivity index (χ4v) is 0.664. The Morgan fingerprint density at radius 3 is 2.06 bits per heavy atom. The highest BCUT2D eigenvalue weighted by Gasteiger charge is 2.39. The molecule has 0 aromatic rings. The summed E-state index contributed by atoms with van der Waals surface area (Å²) in [5.74, 6) is -4.19. The number of hydrogen-bond donors (Lipinski definition) is 1. The molecule has 0 aromatic heterocycles. The molecule has 2 nitrogen and oxygen atoms in total. The van der Waals surface area contributed by atoms with Gasteiger partial charge in [-0.25, -0.2) is 8.78 Å². The molecule has 16 heavy (non-hydrogen) atoms. The van der Waals surface area contributed by atoms with E-state index in [9.17, 15) is 30.7 Å². The Kier molecular flexibility index (Phi) is 6.01. The Labute approximate surface area is 86.8 Å². The van der Waals surface area contributed by atoms with Gasteiger partial charge in [0, 0.05) is 6.54 Å². The highest BCUT2D eigenvalue weighted by atomic mass is 19.4. The van der Waals surface area contributed by atoms with Crippen LogP contribution in [-0.4, -0.2) is 44.8 Å². The minimum atomic E-state index is -4.49. The maximum Gasteiger partial charge on any atom is 0.411 e. The summed E-state index contributed by atoms with van der Waals surface area (Å²) < 4.78 is 86.1. The van der Waals surface area contributed by atoms with E-state index in [4.69, 9.17) is 0 Å². The predicted octanol–water partition coefficient (Wildman–Crippen LogP) is 2.06. The zero-order chi connectivity index (χ0) is 12.8. The fraction of sp³-hybridized carbons (Fsp3) is 1.00. The first kappa shape index (κ1) is 15.4. The summed E-state index contributed by atoms with van der Waals surface area (Å²) >= 11 is 0. The molecule has 0 saturated heterocycles. The van der Waals surface area contributed by atoms with E-state index in [-0.39, 0.29) is 6.54 Å². The second kappa shape index (κ2) is 6.24. The first-order valence-electron chi connectivity index (χ1n) is 4.16. The summed E-state index contributed by atoms with van der Waals surface area (Å²) in [5.41, 5.74) is 0. The van der Waals surface area contributed by atoms with E-state index in [0.717, 1.165) is 0 Å². The molecule has 0 unspecified atom stereocenters. The van der Waals surface area contributed by atoms with Crippen molar-refractivity contribution in [1.29, 1.82) is 0 Å². The SMILES string of the molecule is FC(F)C(F)(F)CNCCOCC(F)(F)F. The Hall–Kier alpha value is -0.570. The molecule has 0 fully saturated rings. The largest absolute Gasteiger partial charge is 0.411 e. The van der Waals surface area contributed by atoms with Gasteiger partial charge in [-0.15, -0.1) is 0 Å². The molecule has 0 heterocycles. The van der Waals surface area contributed by atoms with Crippen molar-refractivity contribution in [3.8, 4) is 0 Å². The molecule has 0 radical (unpaired) electrons. The maximum absolute atomic E-state index is 12.2. The molecule has 0 atom stereocenters. The lowest BCUT2D eigenvalue weighted by molar-refractivity contribution is -0.173. The van der Waals surface area contributed by atoms with Crippen LogP contribution in [0.5, 0.6) is 0 Å². The molecule has 0 aliphatic carbocycles. The molecular weight excluding hydrogens is 247 g/mol. The van der Waals surface area contributed by atoms with E-state index in [1.807, 2.05) is 5.32 Å². The Bertz CT molecular complexity index is 194. The van der Waals surface area contributed by atoms with Crippen molar-refractivity contribution in [2.45, 2.75) is 18.5 Å². The number of rotatable bonds is 7. The van der Waals surface area contributed by atoms with Crippen molar-refractivity contribution in [2.24, 2.45) is 0 Å². The molecule has 0 bridgehead atoms. The normalized spacial score (nSPS) is 13.5. The van der Waals surface area contributed by atoms with Gasteiger partial charge in [-0.1, -0.05) is 0 Å². The molecule has 1 N–H and O–H groups in total. The third kappa shape index (κ3) is 7.69. The van der Waals surface area contributed by atoms with Crippen molar-refractivity contribution < 1.29 is 35.5 Å². The van der Waals surface area contributed by atoms with Crippen LogP contribution in [-0.2, 0) is 4.74 Å². The molecule has 0 aliphatic heterocycles. The molecule has 0 saturated carbocycles. The van der Waals surface area contributed by atoms with Gasteiger partial charge >= 0.3 is 18.5 Å². The number of halogens is 7. The second-order valence-corrected chi connectivity index (χ2v) is 2.91. The summed E-state index contributed by atoms with van der Waals surface area (Å²) in [4.78, 5) is 0. The number of nitrogens with one attached hydrogen (secondary N) is 1. The van der Waals surface area contributed by atoms with E-state index < -0.39 is 38.3 Å². The van der Waals surface area contributed by atoms with Crippen LogP contribution in [0.15, 0.2) is 0 Å². The van der Waals surface area contributed by atoms with Gasteiger partial charge in [0.1, 0.15) is 6.61 Å². The third-order valence-corrected chi connectivity index (χ3v) is 1.37. The van der Waals surface area contributed by atoms with Gasteiger partial charge in [-0.05, 0) is 0 Å². The molecule has 0 amide bonds. The minimum Gasteiger partial charge on any atom is -0.371 e. The minimum absolute atomic E-state index is 0.363. The summed E-state index contributed by atoms with van der Waals surface area (Å²) in [7, 11) is 0. The van der Waals surface area contributed by atoms with E-state index in [0.29, 0.717) is 0 Å². The van der Waals surface area contributed by atoms with Gasteiger partial charge < -0.3 is 10.1 Å². The Morgan fingerprint density at radius 2 is 1.62 bits per heavy atom. The topological polar surface area (TPSA) is 21.3 Å². The predicted molar refractivity (Wildman–Crippen MR) is 40.7 cm³/mol. The van der Waals surface area contributed by atoms with Crippen molar-refractivity contribution in [1.82, 2.24) is 5.32 Å². The van der Waals surface area contributed by atoms with E-state index >= 15 is 0 Å². The third-order valence-electron chi connectivity index (χ3n) is 1.37. The smallest absolute Gasteiger partial charge is 0.371 e. The fourth-order valence-electron chi connectivity index (χ4n) is 0.664. The van der Waals surface area contributed by atoms with E-state index in [2.05, 4.69) is 4.74 Å². The van der Waals surface area contributed by atoms with E-state index in [1.165, 1.54) is 0 Å². The van der Waals surface area contributed by atoms with Crippen LogP contribution in [0.3, 0.4) is 0 Å². The molecule has 9 heteroatoms. The molecule has 0 aromatic carbocycles. The zero-order valence-corrected chi connectivity index (χ0v) is 7.96. The van der Waals surface area contributed by atoms with Gasteiger partial charge in [-0.2, -0.15) is 22.0 Å². The van der Waals surface area contributed by atoms with Gasteiger partial charge in [0.15, 0.2) is 0 Å². The van der Waals surface area contributed by atoms with Crippen molar-refractivity contribution in [3.63, 3.8) is 0 Å². The zero-order valence-electron chi connectivity index (χ0n) is 7.96. The van der Waals surface area contributed by atoms with Gasteiger partial charge in [0.25, 0.3) is 0 Å². The average molecular weight is 257 g/mol. The van der Waals surface area contributed by atoms with Crippen molar-refractivity contribution >= 4 is 0 Å². The standard InChI is InChI=1S/C7H10F7NO/c8-5(9)6(10,11)3-15-1-2-16-4-7(12,13)14/h5,15H,1-4H2. The summed E-state index contributed by atoms with van der Waals surface area (Å²) in [5, 5.41) is 1.87. The molecular formula is C7H10F7NO. The van der Waals surface area contributed by atoms with Crippen LogP contribution in [0, 0.1) is 0 Å². The van der Waals surface area contributed by atoms with Crippen molar-refractivity contribution in [3.05, 3.63) is 0 Å². The maximum atomic E-state index is 12.2. The van der Waals surface area contributed by atoms with E-state index in [1.54, 1.807) is 0 Å². The molecule has 0 rings (SSSR count). The lowest BCUT2D eigenvalue weighted by Gasteiger charge is -2.15. The monoisotopic (exact) mass is 257 g/mol. The quantitative estimate of drug-likeness (QED) is 0.556. The molecule has 98 valence electrons. The number of alkyl halides is 7. The highest BCUT2D eigenvalue weighted by molar-refractivity contribution is 4.71. The number of hydrogen-bond acceptors (Lipinski definition) is 2. The highest BCUT2D eigenvalue weighted by Crippen LogP contribution is 2.21. The first-order valence-corrected chi connectivity index (χ1v) is 4.16. The van der Waals surface area contributed by atoms with Crippen LogP contribution < -0.4 is 5.32 Å². The second-order valence-electron chi connectivity index (χ2n) is 2.91. The molecule has 0 aliphatic rings. The number of ether oxygens (including phenoxy) is 1. The van der Waals surface area contributed by atoms with Gasteiger partial charge in [-0.3, -0.25) is 0 Å². The van der Waals surface area contributed by atoms with Crippen LogP contribution in [0.2, 0.25) is 0 Å². The lowest BCUT2D eigenvalue weighted by Crippen LogP contribution is -2.40. The van der Waals surface area contributed by atoms with Gasteiger partial charge in [0.2, 0.25) is 0 Å².